The van der Waals surface area contributed by atoms with Crippen molar-refractivity contribution in [3.63, 3.8) is 0 Å². The van der Waals surface area contributed by atoms with Gasteiger partial charge in [-0.25, -0.2) is 0 Å². The van der Waals surface area contributed by atoms with Gasteiger partial charge in [0.25, 0.3) is 11.8 Å². The summed E-state index contributed by atoms with van der Waals surface area (Å²) in [6, 6.07) is 11.2. The molecule has 1 heterocycles. The van der Waals surface area contributed by atoms with Crippen molar-refractivity contribution in [3.8, 4) is 5.75 Å². The van der Waals surface area contributed by atoms with Crippen LogP contribution in [-0.4, -0.2) is 49.5 Å². The van der Waals surface area contributed by atoms with Crippen LogP contribution in [0.25, 0.3) is 0 Å². The maximum Gasteiger partial charge on any atom is 0.273 e. The normalized spacial score (nSPS) is 11.6. The summed E-state index contributed by atoms with van der Waals surface area (Å²) >= 11 is 0.759. The molecule has 3 rings (SSSR count). The molecular formula is C25H29N5O5S. The Morgan fingerprint density at radius 2 is 1.81 bits per heavy atom. The van der Waals surface area contributed by atoms with Crippen LogP contribution in [0.2, 0.25) is 0 Å². The molecule has 190 valence electrons. The van der Waals surface area contributed by atoms with Crippen molar-refractivity contribution in [3.05, 3.63) is 69.7 Å². The molecule has 11 heteroatoms. The summed E-state index contributed by atoms with van der Waals surface area (Å²) in [6.45, 7) is 4.31. The van der Waals surface area contributed by atoms with Gasteiger partial charge in [0.2, 0.25) is 5.91 Å². The van der Waals surface area contributed by atoms with Gasteiger partial charge in [-0.3, -0.25) is 19.3 Å². The lowest BCUT2D eigenvalue weighted by Gasteiger charge is -2.32. The van der Waals surface area contributed by atoms with E-state index >= 15 is 0 Å². The number of hydrogen-bond acceptors (Lipinski definition) is 8. The fourth-order valence-corrected chi connectivity index (χ4v) is 4.42. The lowest BCUT2D eigenvalue weighted by Crippen LogP contribution is -2.45. The van der Waals surface area contributed by atoms with Gasteiger partial charge in [0, 0.05) is 19.3 Å². The second kappa shape index (κ2) is 11.6. The highest BCUT2D eigenvalue weighted by molar-refractivity contribution is 7.09. The molecule has 10 nitrogen and oxygen atoms in total. The van der Waals surface area contributed by atoms with Gasteiger partial charge in [-0.05, 0) is 60.3 Å². The maximum atomic E-state index is 14.1. The third kappa shape index (κ3) is 5.47. The van der Waals surface area contributed by atoms with Crippen LogP contribution >= 0.6 is 11.5 Å². The first-order valence-electron chi connectivity index (χ1n) is 11.1. The van der Waals surface area contributed by atoms with E-state index in [0.29, 0.717) is 23.6 Å². The number of rotatable bonds is 10. The Bertz CT molecular complexity index is 1260. The third-order valence-corrected chi connectivity index (χ3v) is 6.60. The molecule has 0 spiro atoms. The minimum Gasteiger partial charge on any atom is -0.497 e. The Morgan fingerprint density at radius 1 is 1.11 bits per heavy atom. The highest BCUT2D eigenvalue weighted by Gasteiger charge is 2.36. The van der Waals surface area contributed by atoms with Crippen LogP contribution in [0.1, 0.15) is 42.9 Å². The summed E-state index contributed by atoms with van der Waals surface area (Å²) in [5, 5.41) is 2.83. The van der Waals surface area contributed by atoms with Gasteiger partial charge >= 0.3 is 0 Å². The van der Waals surface area contributed by atoms with Gasteiger partial charge < -0.3 is 26.3 Å². The predicted molar refractivity (Wildman–Crippen MR) is 138 cm³/mol. The molecular weight excluding hydrogens is 482 g/mol. The Balaban J connectivity index is 2.23. The quantitative estimate of drug-likeness (QED) is 0.354. The zero-order valence-electron chi connectivity index (χ0n) is 20.5. The molecule has 0 saturated heterocycles. The van der Waals surface area contributed by atoms with Crippen LogP contribution in [0.4, 0.5) is 11.4 Å². The highest BCUT2D eigenvalue weighted by Crippen LogP contribution is 2.36. The number of carbonyl (C=O) groups excluding carboxylic acids is 3. The number of nitrogens with zero attached hydrogens (tertiary/aromatic N) is 2. The number of nitrogens with two attached hydrogens (primary N) is 2. The van der Waals surface area contributed by atoms with E-state index in [0.717, 1.165) is 22.7 Å². The Kier molecular flexibility index (Phi) is 8.62. The minimum atomic E-state index is -1.08. The third-order valence-electron chi connectivity index (χ3n) is 5.75. The zero-order chi connectivity index (χ0) is 26.4. The second-order valence-corrected chi connectivity index (χ2v) is 8.77. The molecule has 2 aromatic carbocycles. The molecule has 5 N–H and O–H groups in total. The summed E-state index contributed by atoms with van der Waals surface area (Å²) in [4.78, 5) is 40.8. The first-order valence-corrected chi connectivity index (χ1v) is 11.8. The Labute approximate surface area is 213 Å². The molecule has 0 aliphatic carbocycles. The number of primary amides is 1. The van der Waals surface area contributed by atoms with Crippen LogP contribution in [0.3, 0.4) is 0 Å². The summed E-state index contributed by atoms with van der Waals surface area (Å²) in [6.07, 6.45) is 0. The van der Waals surface area contributed by atoms with E-state index in [2.05, 4.69) is 9.69 Å². The molecule has 0 aliphatic heterocycles. The number of aryl methyl sites for hydroxylation is 1. The van der Waals surface area contributed by atoms with Crippen LogP contribution in [-0.2, 0) is 9.53 Å². The molecule has 0 bridgehead atoms. The zero-order valence-corrected chi connectivity index (χ0v) is 21.3. The average molecular weight is 512 g/mol. The second-order valence-electron chi connectivity index (χ2n) is 7.99. The lowest BCUT2D eigenvalue weighted by molar-refractivity contribution is -0.122. The summed E-state index contributed by atoms with van der Waals surface area (Å²) in [5.41, 5.74) is 13.9. The lowest BCUT2D eigenvalue weighted by atomic mass is 9.99. The van der Waals surface area contributed by atoms with E-state index in [9.17, 15) is 14.4 Å². The van der Waals surface area contributed by atoms with Crippen molar-refractivity contribution in [1.82, 2.24) is 9.69 Å². The van der Waals surface area contributed by atoms with E-state index in [1.54, 1.807) is 43.5 Å². The van der Waals surface area contributed by atoms with Crippen molar-refractivity contribution in [2.75, 3.05) is 38.0 Å². The molecule has 0 unspecified atom stereocenters. The SMILES string of the molecule is COCCNC(=O)[C@H](c1ccc(OC)cc1)N(C(=O)c1snc(C(N)=O)c1N)c1cccc(C)c1C. The van der Waals surface area contributed by atoms with Crippen LogP contribution in [0, 0.1) is 13.8 Å². The predicted octanol–water partition coefficient (Wildman–Crippen LogP) is 2.60. The summed E-state index contributed by atoms with van der Waals surface area (Å²) < 4.78 is 14.3. The first-order chi connectivity index (χ1) is 17.2. The van der Waals surface area contributed by atoms with Crippen LogP contribution < -0.4 is 26.4 Å². The smallest absolute Gasteiger partial charge is 0.273 e. The Morgan fingerprint density at radius 3 is 2.39 bits per heavy atom. The fourth-order valence-electron chi connectivity index (χ4n) is 3.68. The molecule has 0 saturated carbocycles. The molecule has 3 aromatic rings. The van der Waals surface area contributed by atoms with E-state index in [1.165, 1.54) is 12.0 Å². The number of ether oxygens (including phenoxy) is 2. The number of anilines is 2. The van der Waals surface area contributed by atoms with Gasteiger partial charge in [-0.1, -0.05) is 24.3 Å². The number of carbonyl (C=O) groups is 3. The topological polar surface area (TPSA) is 150 Å². The molecule has 0 fully saturated rings. The van der Waals surface area contributed by atoms with Crippen molar-refractivity contribution >= 4 is 40.6 Å². The molecule has 1 aromatic heterocycles. The standard InChI is InChI=1S/C25H29N5O5S/c1-14-6-5-7-18(15(14)2)30(25(33)22-19(26)20(23(27)31)29-36-22)21(24(32)28-12-13-34-3)16-8-10-17(35-4)11-9-16/h5-11,21H,12-13,26H2,1-4H3,(H2,27,31)(H,28,32)/t21-/m0/s1. The van der Waals surface area contributed by atoms with Crippen molar-refractivity contribution in [1.29, 1.82) is 0 Å². The highest BCUT2D eigenvalue weighted by atomic mass is 32.1. The molecule has 0 radical (unpaired) electrons. The van der Waals surface area contributed by atoms with Crippen molar-refractivity contribution in [2.45, 2.75) is 19.9 Å². The van der Waals surface area contributed by atoms with Gasteiger partial charge in [0.1, 0.15) is 16.7 Å². The number of nitrogen functional groups attached to an aromatic ring is 1. The van der Waals surface area contributed by atoms with Crippen molar-refractivity contribution in [2.24, 2.45) is 5.73 Å². The van der Waals surface area contributed by atoms with Crippen molar-refractivity contribution < 1.29 is 23.9 Å². The number of amides is 3. The van der Waals surface area contributed by atoms with E-state index in [-0.39, 0.29) is 22.8 Å². The molecule has 0 aliphatic rings. The van der Waals surface area contributed by atoms with Crippen LogP contribution in [0.15, 0.2) is 42.5 Å². The molecule has 36 heavy (non-hydrogen) atoms. The van der Waals surface area contributed by atoms with E-state index < -0.39 is 23.8 Å². The molecule has 1 atom stereocenters. The summed E-state index contributed by atoms with van der Waals surface area (Å²) in [7, 11) is 3.07. The van der Waals surface area contributed by atoms with Gasteiger partial charge in [0.15, 0.2) is 5.69 Å². The maximum absolute atomic E-state index is 14.1. The first kappa shape index (κ1) is 26.6. The number of hydrogen-bond donors (Lipinski definition) is 3. The average Bonchev–Trinajstić information content (AvgIpc) is 3.26. The largest absolute Gasteiger partial charge is 0.497 e. The van der Waals surface area contributed by atoms with Gasteiger partial charge in [0.05, 0.1) is 19.4 Å². The van der Waals surface area contributed by atoms with Gasteiger partial charge in [-0.2, -0.15) is 4.37 Å². The number of methoxy groups -OCH3 is 2. The monoisotopic (exact) mass is 511 g/mol. The fraction of sp³-hybridized carbons (Fsp3) is 0.280. The van der Waals surface area contributed by atoms with E-state index in [1.807, 2.05) is 19.9 Å². The van der Waals surface area contributed by atoms with Crippen LogP contribution in [0.5, 0.6) is 5.75 Å². The number of aromatic nitrogens is 1. The number of nitrogens with one attached hydrogen (secondary N) is 1. The Hall–Kier alpha value is -3.96. The van der Waals surface area contributed by atoms with Gasteiger partial charge in [-0.15, -0.1) is 0 Å². The minimum absolute atomic E-state index is 0.00732. The van der Waals surface area contributed by atoms with E-state index in [4.69, 9.17) is 20.9 Å². The summed E-state index contributed by atoms with van der Waals surface area (Å²) in [5.74, 6) is -1.26. The number of benzene rings is 2. The molecule has 3 amide bonds.